The number of rotatable bonds is 4. The van der Waals surface area contributed by atoms with Gasteiger partial charge >= 0.3 is 10.1 Å². The molecule has 0 fully saturated rings. The summed E-state index contributed by atoms with van der Waals surface area (Å²) in [6.45, 7) is 1.38. The van der Waals surface area contributed by atoms with Crippen LogP contribution in [0.2, 0.25) is 0 Å². The van der Waals surface area contributed by atoms with Crippen LogP contribution < -0.4 is 9.50 Å². The molecule has 0 radical (unpaired) electrons. The summed E-state index contributed by atoms with van der Waals surface area (Å²) in [6, 6.07) is 12.6. The van der Waals surface area contributed by atoms with Crippen molar-refractivity contribution in [2.75, 3.05) is 5.32 Å². The Labute approximate surface area is 136 Å². The third kappa shape index (κ3) is 4.18. The van der Waals surface area contributed by atoms with Gasteiger partial charge in [0.25, 0.3) is 0 Å². The van der Waals surface area contributed by atoms with Gasteiger partial charge in [0.1, 0.15) is 4.90 Å². The molecule has 110 valence electrons. The van der Waals surface area contributed by atoms with Crippen LogP contribution in [0.4, 0.5) is 5.69 Å². The predicted octanol–water partition coefficient (Wildman–Crippen LogP) is 3.02. The number of carbonyl (C=O) groups excluding carboxylic acids is 1. The first-order chi connectivity index (χ1) is 9.88. The molecule has 0 aliphatic heterocycles. The predicted molar refractivity (Wildman–Crippen MR) is 87.7 cm³/mol. The SMILES string of the molecule is CC(=O)Nc1ccc(S(=O)(=O)Oc2ccccc2I)cc1. The maximum absolute atomic E-state index is 12.2. The van der Waals surface area contributed by atoms with Crippen molar-refractivity contribution in [3.63, 3.8) is 0 Å². The summed E-state index contributed by atoms with van der Waals surface area (Å²) in [5.41, 5.74) is 0.524. The number of halogens is 1. The minimum atomic E-state index is -3.90. The van der Waals surface area contributed by atoms with E-state index >= 15 is 0 Å². The Balaban J connectivity index is 2.24. The Bertz CT molecular complexity index is 757. The molecule has 0 aromatic heterocycles. The molecule has 0 aliphatic carbocycles. The second-order valence-electron chi connectivity index (χ2n) is 4.17. The van der Waals surface area contributed by atoms with Crippen molar-refractivity contribution in [2.45, 2.75) is 11.8 Å². The largest absolute Gasteiger partial charge is 0.378 e. The molecule has 7 heteroatoms. The van der Waals surface area contributed by atoms with Crippen molar-refractivity contribution in [3.05, 3.63) is 52.1 Å². The van der Waals surface area contributed by atoms with E-state index in [1.165, 1.54) is 31.2 Å². The summed E-state index contributed by atoms with van der Waals surface area (Å²) in [5, 5.41) is 2.57. The van der Waals surface area contributed by atoms with Crippen LogP contribution in [0.15, 0.2) is 53.4 Å². The van der Waals surface area contributed by atoms with Gasteiger partial charge in [0.15, 0.2) is 5.75 Å². The van der Waals surface area contributed by atoms with Crippen molar-refractivity contribution >= 4 is 44.3 Å². The maximum Gasteiger partial charge on any atom is 0.339 e. The van der Waals surface area contributed by atoms with Gasteiger partial charge < -0.3 is 9.50 Å². The lowest BCUT2D eigenvalue weighted by Crippen LogP contribution is -2.11. The Morgan fingerprint density at radius 3 is 2.29 bits per heavy atom. The van der Waals surface area contributed by atoms with Crippen molar-refractivity contribution in [1.82, 2.24) is 0 Å². The fraction of sp³-hybridized carbons (Fsp3) is 0.0714. The zero-order valence-electron chi connectivity index (χ0n) is 11.0. The van der Waals surface area contributed by atoms with E-state index in [4.69, 9.17) is 4.18 Å². The van der Waals surface area contributed by atoms with Gasteiger partial charge in [0.2, 0.25) is 5.91 Å². The summed E-state index contributed by atoms with van der Waals surface area (Å²) in [7, 11) is -3.90. The molecule has 5 nitrogen and oxygen atoms in total. The highest BCUT2D eigenvalue weighted by Crippen LogP contribution is 2.24. The normalized spacial score (nSPS) is 11.0. The van der Waals surface area contributed by atoms with Gasteiger partial charge in [-0.05, 0) is 59.0 Å². The minimum Gasteiger partial charge on any atom is -0.378 e. The lowest BCUT2D eigenvalue weighted by atomic mass is 10.3. The van der Waals surface area contributed by atoms with Crippen LogP contribution in [0.3, 0.4) is 0 Å². The maximum atomic E-state index is 12.2. The fourth-order valence-electron chi connectivity index (χ4n) is 1.59. The lowest BCUT2D eigenvalue weighted by Gasteiger charge is -2.09. The summed E-state index contributed by atoms with van der Waals surface area (Å²) in [6.07, 6.45) is 0. The monoisotopic (exact) mass is 417 g/mol. The number of hydrogen-bond acceptors (Lipinski definition) is 4. The molecular formula is C14H12INO4S. The van der Waals surface area contributed by atoms with Gasteiger partial charge in [-0.3, -0.25) is 4.79 Å². The Morgan fingerprint density at radius 2 is 1.71 bits per heavy atom. The van der Waals surface area contributed by atoms with Gasteiger partial charge in [0.05, 0.1) is 3.57 Å². The molecule has 0 saturated carbocycles. The molecule has 0 heterocycles. The molecule has 0 unspecified atom stereocenters. The van der Waals surface area contributed by atoms with E-state index in [2.05, 4.69) is 5.32 Å². The molecule has 0 aliphatic rings. The molecular weight excluding hydrogens is 405 g/mol. The molecule has 1 amide bonds. The molecule has 2 rings (SSSR count). The highest BCUT2D eigenvalue weighted by atomic mass is 127. The number of benzene rings is 2. The molecule has 0 atom stereocenters. The summed E-state index contributed by atoms with van der Waals surface area (Å²) < 4.78 is 30.2. The Kier molecular flexibility index (Phi) is 4.84. The van der Waals surface area contributed by atoms with Gasteiger partial charge in [-0.15, -0.1) is 0 Å². The van der Waals surface area contributed by atoms with Crippen LogP contribution in [-0.2, 0) is 14.9 Å². The Morgan fingerprint density at radius 1 is 1.10 bits per heavy atom. The fourth-order valence-corrected chi connectivity index (χ4v) is 3.18. The van der Waals surface area contributed by atoms with E-state index in [9.17, 15) is 13.2 Å². The topological polar surface area (TPSA) is 72.5 Å². The highest BCUT2D eigenvalue weighted by Gasteiger charge is 2.17. The number of carbonyl (C=O) groups is 1. The number of para-hydroxylation sites is 1. The van der Waals surface area contributed by atoms with Crippen molar-refractivity contribution < 1.29 is 17.4 Å². The van der Waals surface area contributed by atoms with Crippen LogP contribution in [0.5, 0.6) is 5.75 Å². The molecule has 1 N–H and O–H groups in total. The average Bonchev–Trinajstić information content (AvgIpc) is 2.41. The molecule has 0 bridgehead atoms. The van der Waals surface area contributed by atoms with Gasteiger partial charge in [0, 0.05) is 12.6 Å². The average molecular weight is 417 g/mol. The number of hydrogen-bond donors (Lipinski definition) is 1. The molecule has 21 heavy (non-hydrogen) atoms. The molecule has 2 aromatic rings. The van der Waals surface area contributed by atoms with E-state index in [-0.39, 0.29) is 16.6 Å². The first-order valence-corrected chi connectivity index (χ1v) is 8.44. The smallest absolute Gasteiger partial charge is 0.339 e. The first-order valence-electron chi connectivity index (χ1n) is 5.95. The van der Waals surface area contributed by atoms with E-state index < -0.39 is 10.1 Å². The molecule has 0 spiro atoms. The lowest BCUT2D eigenvalue weighted by molar-refractivity contribution is -0.114. The summed E-state index contributed by atoms with van der Waals surface area (Å²) >= 11 is 2.00. The van der Waals surface area contributed by atoms with E-state index in [0.29, 0.717) is 9.26 Å². The van der Waals surface area contributed by atoms with Crippen LogP contribution in [-0.4, -0.2) is 14.3 Å². The van der Waals surface area contributed by atoms with E-state index in [0.717, 1.165) is 0 Å². The minimum absolute atomic E-state index is 0.0243. The third-order valence-electron chi connectivity index (χ3n) is 2.50. The molecule has 2 aromatic carbocycles. The zero-order chi connectivity index (χ0) is 15.5. The van der Waals surface area contributed by atoms with Crippen LogP contribution >= 0.6 is 22.6 Å². The van der Waals surface area contributed by atoms with Gasteiger partial charge in [-0.25, -0.2) is 0 Å². The number of anilines is 1. The standard InChI is InChI=1S/C14H12INO4S/c1-10(17)16-11-6-8-12(9-7-11)21(18,19)20-14-5-3-2-4-13(14)15/h2-9H,1H3,(H,16,17). The third-order valence-corrected chi connectivity index (χ3v) is 4.64. The number of amides is 1. The van der Waals surface area contributed by atoms with E-state index in [1.807, 2.05) is 22.6 Å². The van der Waals surface area contributed by atoms with Gasteiger partial charge in [-0.1, -0.05) is 12.1 Å². The van der Waals surface area contributed by atoms with Crippen LogP contribution in [0, 0.1) is 3.57 Å². The van der Waals surface area contributed by atoms with Crippen LogP contribution in [0.1, 0.15) is 6.92 Å². The first kappa shape index (κ1) is 15.8. The van der Waals surface area contributed by atoms with Gasteiger partial charge in [-0.2, -0.15) is 8.42 Å². The molecule has 0 saturated heterocycles. The summed E-state index contributed by atoms with van der Waals surface area (Å²) in [5.74, 6) is 0.0599. The Hall–Kier alpha value is -1.61. The van der Waals surface area contributed by atoms with Crippen molar-refractivity contribution in [3.8, 4) is 5.75 Å². The van der Waals surface area contributed by atoms with Crippen molar-refractivity contribution in [1.29, 1.82) is 0 Å². The second kappa shape index (κ2) is 6.44. The van der Waals surface area contributed by atoms with Crippen molar-refractivity contribution in [2.24, 2.45) is 0 Å². The zero-order valence-corrected chi connectivity index (χ0v) is 14.0. The quantitative estimate of drug-likeness (QED) is 0.614. The summed E-state index contributed by atoms with van der Waals surface area (Å²) in [4.78, 5) is 10.9. The number of nitrogens with one attached hydrogen (secondary N) is 1. The van der Waals surface area contributed by atoms with E-state index in [1.54, 1.807) is 24.3 Å². The highest BCUT2D eigenvalue weighted by molar-refractivity contribution is 14.1. The van der Waals surface area contributed by atoms with Crippen LogP contribution in [0.25, 0.3) is 0 Å². The second-order valence-corrected chi connectivity index (χ2v) is 6.88.